The number of nitrogens with zero attached hydrogens (tertiary/aromatic N) is 1. The van der Waals surface area contributed by atoms with Gasteiger partial charge in [0.15, 0.2) is 0 Å². The molecule has 2 aromatic carbocycles. The number of nitrogens with two attached hydrogens (primary N) is 1. The Hall–Kier alpha value is -2.66. The molecule has 5 heteroatoms. The van der Waals surface area contributed by atoms with Crippen LogP contribution < -0.4 is 16.0 Å². The summed E-state index contributed by atoms with van der Waals surface area (Å²) in [6, 6.07) is 15.1. The lowest BCUT2D eigenvalue weighted by atomic mass is 9.98. The zero-order valence-corrected chi connectivity index (χ0v) is 14.7. The first-order valence-corrected chi connectivity index (χ1v) is 9.17. The third-order valence-corrected chi connectivity index (χ3v) is 5.47. The predicted octanol–water partition coefficient (Wildman–Crippen LogP) is 3.10. The number of nitrogens with one attached hydrogen (secondary N) is 1. The van der Waals surface area contributed by atoms with E-state index in [2.05, 4.69) is 11.4 Å². The van der Waals surface area contributed by atoms with E-state index in [0.717, 1.165) is 37.8 Å². The van der Waals surface area contributed by atoms with Crippen molar-refractivity contribution in [2.45, 2.75) is 37.6 Å². The summed E-state index contributed by atoms with van der Waals surface area (Å²) in [6.07, 6.45) is 4.32. The molecule has 1 saturated carbocycles. The minimum atomic E-state index is -0.756. The summed E-state index contributed by atoms with van der Waals surface area (Å²) in [5.41, 5.74) is 8.90. The maximum atomic E-state index is 12.8. The summed E-state index contributed by atoms with van der Waals surface area (Å²) in [6.45, 7) is 0.701. The first-order valence-electron chi connectivity index (χ1n) is 9.17. The van der Waals surface area contributed by atoms with Crippen molar-refractivity contribution >= 4 is 23.2 Å². The monoisotopic (exact) mass is 349 g/mol. The largest absolute Gasteiger partial charge is 0.324 e. The van der Waals surface area contributed by atoms with E-state index in [4.69, 9.17) is 5.73 Å². The second kappa shape index (κ2) is 6.57. The molecule has 0 radical (unpaired) electrons. The molecule has 0 atom stereocenters. The van der Waals surface area contributed by atoms with Crippen molar-refractivity contribution in [3.8, 4) is 0 Å². The van der Waals surface area contributed by atoms with Gasteiger partial charge in [0, 0.05) is 23.5 Å². The van der Waals surface area contributed by atoms with Crippen LogP contribution in [0.2, 0.25) is 0 Å². The maximum Gasteiger partial charge on any atom is 0.258 e. The zero-order valence-electron chi connectivity index (χ0n) is 14.7. The lowest BCUT2D eigenvalue weighted by Gasteiger charge is -2.22. The van der Waals surface area contributed by atoms with Crippen molar-refractivity contribution in [1.82, 2.24) is 0 Å². The van der Waals surface area contributed by atoms with Gasteiger partial charge in [-0.1, -0.05) is 31.0 Å². The Morgan fingerprint density at radius 1 is 1.00 bits per heavy atom. The molecule has 1 aliphatic carbocycles. The number of carbonyl (C=O) groups is 2. The smallest absolute Gasteiger partial charge is 0.258 e. The van der Waals surface area contributed by atoms with Crippen molar-refractivity contribution in [1.29, 1.82) is 0 Å². The molecule has 2 aliphatic rings. The van der Waals surface area contributed by atoms with Crippen LogP contribution in [0.5, 0.6) is 0 Å². The lowest BCUT2D eigenvalue weighted by molar-refractivity contribution is -0.121. The van der Waals surface area contributed by atoms with Gasteiger partial charge in [0.2, 0.25) is 5.91 Å². The average molecular weight is 349 g/mol. The normalized spacial score (nSPS) is 17.8. The Bertz CT molecular complexity index is 839. The van der Waals surface area contributed by atoms with Crippen LogP contribution in [-0.4, -0.2) is 23.9 Å². The number of fused-ring (bicyclic) bond motifs is 1. The average Bonchev–Trinajstić information content (AvgIpc) is 3.29. The van der Waals surface area contributed by atoms with Crippen LogP contribution >= 0.6 is 0 Å². The van der Waals surface area contributed by atoms with E-state index < -0.39 is 5.54 Å². The van der Waals surface area contributed by atoms with Crippen LogP contribution in [0.1, 0.15) is 41.6 Å². The predicted molar refractivity (Wildman–Crippen MR) is 102 cm³/mol. The lowest BCUT2D eigenvalue weighted by Crippen LogP contribution is -2.48. The number of anilines is 2. The molecule has 3 N–H and O–H groups in total. The topological polar surface area (TPSA) is 75.4 Å². The van der Waals surface area contributed by atoms with Crippen LogP contribution in [0.15, 0.2) is 48.5 Å². The number of hydrogen-bond donors (Lipinski definition) is 2. The van der Waals surface area contributed by atoms with E-state index in [-0.39, 0.29) is 11.8 Å². The third-order valence-electron chi connectivity index (χ3n) is 5.47. The third kappa shape index (κ3) is 2.99. The number of carbonyl (C=O) groups excluding carboxylic acids is 2. The van der Waals surface area contributed by atoms with Gasteiger partial charge in [0.25, 0.3) is 5.91 Å². The summed E-state index contributed by atoms with van der Waals surface area (Å²) < 4.78 is 0. The summed E-state index contributed by atoms with van der Waals surface area (Å²) in [5, 5.41) is 2.89. The number of hydrogen-bond acceptors (Lipinski definition) is 3. The number of para-hydroxylation sites is 1. The highest BCUT2D eigenvalue weighted by atomic mass is 16.2. The molecule has 2 amide bonds. The second-order valence-electron chi connectivity index (χ2n) is 7.23. The van der Waals surface area contributed by atoms with E-state index in [1.165, 1.54) is 5.56 Å². The Kier molecular flexibility index (Phi) is 4.24. The molecule has 5 nitrogen and oxygen atoms in total. The molecule has 0 saturated heterocycles. The molecule has 0 spiro atoms. The molecular weight excluding hydrogens is 326 g/mol. The van der Waals surface area contributed by atoms with Gasteiger partial charge < -0.3 is 16.0 Å². The first kappa shape index (κ1) is 16.8. The van der Waals surface area contributed by atoms with Gasteiger partial charge in [-0.25, -0.2) is 0 Å². The molecule has 1 fully saturated rings. The standard InChI is InChI=1S/C21H23N3O2/c22-21(12-3-4-13-21)20(26)23-17-9-7-16(8-10-17)19(25)24-14-11-15-5-1-2-6-18(15)24/h1-2,5-10H,3-4,11-14,22H2,(H,23,26). The summed E-state index contributed by atoms with van der Waals surface area (Å²) in [7, 11) is 0. The van der Waals surface area contributed by atoms with Crippen molar-refractivity contribution in [2.24, 2.45) is 5.73 Å². The Morgan fingerprint density at radius 3 is 2.42 bits per heavy atom. The highest BCUT2D eigenvalue weighted by molar-refractivity contribution is 6.07. The van der Waals surface area contributed by atoms with E-state index in [1.54, 1.807) is 24.3 Å². The molecule has 1 aliphatic heterocycles. The van der Waals surface area contributed by atoms with E-state index in [0.29, 0.717) is 17.8 Å². The molecule has 0 aromatic heterocycles. The van der Waals surface area contributed by atoms with E-state index in [1.807, 2.05) is 23.1 Å². The van der Waals surface area contributed by atoms with Crippen molar-refractivity contribution in [2.75, 3.05) is 16.8 Å². The van der Waals surface area contributed by atoms with Crippen molar-refractivity contribution in [3.05, 3.63) is 59.7 Å². The van der Waals surface area contributed by atoms with Crippen LogP contribution in [0, 0.1) is 0 Å². The Labute approximate surface area is 153 Å². The number of rotatable bonds is 3. The minimum Gasteiger partial charge on any atom is -0.324 e. The van der Waals surface area contributed by atoms with Gasteiger partial charge in [-0.15, -0.1) is 0 Å². The molecular formula is C21H23N3O2. The Morgan fingerprint density at radius 2 is 1.69 bits per heavy atom. The van der Waals surface area contributed by atoms with Crippen LogP contribution in [0.4, 0.5) is 11.4 Å². The van der Waals surface area contributed by atoms with Gasteiger partial charge in [-0.2, -0.15) is 0 Å². The highest BCUT2D eigenvalue weighted by Gasteiger charge is 2.37. The van der Waals surface area contributed by atoms with Crippen LogP contribution in [-0.2, 0) is 11.2 Å². The highest BCUT2D eigenvalue weighted by Crippen LogP contribution is 2.30. The molecule has 134 valence electrons. The SMILES string of the molecule is NC1(C(=O)Nc2ccc(C(=O)N3CCc4ccccc43)cc2)CCCC1. The molecule has 0 unspecified atom stereocenters. The van der Waals surface area contributed by atoms with Gasteiger partial charge >= 0.3 is 0 Å². The number of benzene rings is 2. The van der Waals surface area contributed by atoms with E-state index >= 15 is 0 Å². The Balaban J connectivity index is 1.46. The van der Waals surface area contributed by atoms with Crippen molar-refractivity contribution < 1.29 is 9.59 Å². The van der Waals surface area contributed by atoms with Crippen LogP contribution in [0.3, 0.4) is 0 Å². The second-order valence-corrected chi connectivity index (χ2v) is 7.23. The quantitative estimate of drug-likeness (QED) is 0.894. The van der Waals surface area contributed by atoms with Gasteiger partial charge in [-0.3, -0.25) is 9.59 Å². The van der Waals surface area contributed by atoms with E-state index in [9.17, 15) is 9.59 Å². The molecule has 4 rings (SSSR count). The fraction of sp³-hybridized carbons (Fsp3) is 0.333. The number of amides is 2. The summed E-state index contributed by atoms with van der Waals surface area (Å²) >= 11 is 0. The zero-order chi connectivity index (χ0) is 18.1. The van der Waals surface area contributed by atoms with Gasteiger partial charge in [0.1, 0.15) is 0 Å². The van der Waals surface area contributed by atoms with Gasteiger partial charge in [-0.05, 0) is 55.2 Å². The fourth-order valence-corrected chi connectivity index (χ4v) is 3.89. The maximum absolute atomic E-state index is 12.8. The summed E-state index contributed by atoms with van der Waals surface area (Å²) in [4.78, 5) is 27.0. The van der Waals surface area contributed by atoms with Crippen LogP contribution in [0.25, 0.3) is 0 Å². The molecule has 2 aromatic rings. The fourth-order valence-electron chi connectivity index (χ4n) is 3.89. The van der Waals surface area contributed by atoms with Crippen molar-refractivity contribution in [3.63, 3.8) is 0 Å². The first-order chi connectivity index (χ1) is 12.6. The molecule has 1 heterocycles. The molecule has 26 heavy (non-hydrogen) atoms. The summed E-state index contributed by atoms with van der Waals surface area (Å²) in [5.74, 6) is -0.151. The minimum absolute atomic E-state index is 0.0149. The molecule has 0 bridgehead atoms. The van der Waals surface area contributed by atoms with Gasteiger partial charge in [0.05, 0.1) is 5.54 Å².